The fraction of sp³-hybridized carbons (Fsp3) is 0.316. The van der Waals surface area contributed by atoms with Crippen molar-refractivity contribution < 1.29 is 9.53 Å². The number of rotatable bonds is 5. The largest absolute Gasteiger partial charge is 0.370 e. The van der Waals surface area contributed by atoms with Gasteiger partial charge in [0.05, 0.1) is 18.8 Å². The second kappa shape index (κ2) is 7.13. The van der Waals surface area contributed by atoms with Crippen LogP contribution in [-0.4, -0.2) is 38.6 Å². The number of carbonyl (C=O) groups excluding carboxylic acids is 1. The minimum Gasteiger partial charge on any atom is -0.370 e. The van der Waals surface area contributed by atoms with Crippen molar-refractivity contribution in [1.29, 1.82) is 0 Å². The number of nitrogens with zero attached hydrogens (tertiary/aromatic N) is 4. The van der Waals surface area contributed by atoms with Crippen LogP contribution in [0.5, 0.6) is 0 Å². The Morgan fingerprint density at radius 1 is 1.31 bits per heavy atom. The minimum absolute atomic E-state index is 0.163. The molecule has 0 unspecified atom stereocenters. The molecule has 134 valence electrons. The molecule has 7 heteroatoms. The van der Waals surface area contributed by atoms with E-state index < -0.39 is 0 Å². The standard InChI is InChI=1S/C19H21N5O2/c1-23-16(7-9-21-23)19(25)20-11-17-18-15(8-10-26-17)13-24(22-18)12-14-5-3-2-4-6-14/h2-7,9,13,17H,8,10-12H2,1H3,(H,20,25)/t17-/m0/s1. The normalized spacial score (nSPS) is 16.3. The molecule has 3 aromatic rings. The van der Waals surface area contributed by atoms with E-state index in [1.54, 1.807) is 24.0 Å². The molecule has 1 atom stereocenters. The lowest BCUT2D eigenvalue weighted by atomic mass is 10.1. The number of nitrogens with one attached hydrogen (secondary N) is 1. The SMILES string of the molecule is Cn1nccc1C(=O)NC[C@@H]1OCCc2cn(Cc3ccccc3)nc21. The Balaban J connectivity index is 1.45. The molecule has 26 heavy (non-hydrogen) atoms. The zero-order valence-electron chi connectivity index (χ0n) is 14.6. The monoisotopic (exact) mass is 351 g/mol. The quantitative estimate of drug-likeness (QED) is 0.759. The molecule has 0 spiro atoms. The molecule has 7 nitrogen and oxygen atoms in total. The number of aromatic nitrogens is 4. The van der Waals surface area contributed by atoms with E-state index in [1.165, 1.54) is 11.1 Å². The minimum atomic E-state index is -0.229. The van der Waals surface area contributed by atoms with Crippen molar-refractivity contribution >= 4 is 5.91 Å². The van der Waals surface area contributed by atoms with E-state index in [0.29, 0.717) is 18.8 Å². The number of fused-ring (bicyclic) bond motifs is 1. The summed E-state index contributed by atoms with van der Waals surface area (Å²) in [5.74, 6) is -0.163. The summed E-state index contributed by atoms with van der Waals surface area (Å²) in [6, 6.07) is 11.9. The molecule has 3 heterocycles. The van der Waals surface area contributed by atoms with Crippen molar-refractivity contribution in [3.63, 3.8) is 0 Å². The summed E-state index contributed by atoms with van der Waals surface area (Å²) in [7, 11) is 1.75. The zero-order valence-corrected chi connectivity index (χ0v) is 14.6. The second-order valence-corrected chi connectivity index (χ2v) is 6.38. The first-order valence-corrected chi connectivity index (χ1v) is 8.68. The first kappa shape index (κ1) is 16.5. The molecule has 1 aromatic carbocycles. The highest BCUT2D eigenvalue weighted by Gasteiger charge is 2.25. The second-order valence-electron chi connectivity index (χ2n) is 6.38. The van der Waals surface area contributed by atoms with Gasteiger partial charge in [-0.15, -0.1) is 0 Å². The molecule has 4 rings (SSSR count). The molecule has 0 aliphatic carbocycles. The van der Waals surface area contributed by atoms with Gasteiger partial charge in [0.1, 0.15) is 11.8 Å². The molecule has 1 amide bonds. The summed E-state index contributed by atoms with van der Waals surface area (Å²) < 4.78 is 9.35. The van der Waals surface area contributed by atoms with Crippen LogP contribution >= 0.6 is 0 Å². The van der Waals surface area contributed by atoms with Crippen LogP contribution in [0.25, 0.3) is 0 Å². The van der Waals surface area contributed by atoms with Crippen molar-refractivity contribution in [2.75, 3.05) is 13.2 Å². The van der Waals surface area contributed by atoms with E-state index in [-0.39, 0.29) is 12.0 Å². The lowest BCUT2D eigenvalue weighted by Gasteiger charge is -2.22. The fourth-order valence-corrected chi connectivity index (χ4v) is 3.21. The van der Waals surface area contributed by atoms with Gasteiger partial charge in [-0.05, 0) is 23.6 Å². The summed E-state index contributed by atoms with van der Waals surface area (Å²) in [4.78, 5) is 12.3. The highest BCUT2D eigenvalue weighted by atomic mass is 16.5. The Kier molecular flexibility index (Phi) is 4.53. The van der Waals surface area contributed by atoms with Crippen LogP contribution in [0.2, 0.25) is 0 Å². The van der Waals surface area contributed by atoms with Gasteiger partial charge >= 0.3 is 0 Å². The summed E-state index contributed by atoms with van der Waals surface area (Å²) in [5.41, 5.74) is 3.83. The number of hydrogen-bond acceptors (Lipinski definition) is 4. The molecule has 0 saturated heterocycles. The maximum absolute atomic E-state index is 12.3. The number of aryl methyl sites for hydroxylation is 1. The molecular weight excluding hydrogens is 330 g/mol. The van der Waals surface area contributed by atoms with Crippen molar-refractivity contribution in [2.45, 2.75) is 19.1 Å². The highest BCUT2D eigenvalue weighted by Crippen LogP contribution is 2.25. The average Bonchev–Trinajstić information content (AvgIpc) is 3.26. The average molecular weight is 351 g/mol. The molecule has 2 aromatic heterocycles. The van der Waals surface area contributed by atoms with Gasteiger partial charge in [0, 0.05) is 26.0 Å². The smallest absolute Gasteiger partial charge is 0.269 e. The van der Waals surface area contributed by atoms with E-state index in [0.717, 1.165) is 18.7 Å². The lowest BCUT2D eigenvalue weighted by Crippen LogP contribution is -2.32. The third-order valence-corrected chi connectivity index (χ3v) is 4.55. The first-order chi connectivity index (χ1) is 12.7. The van der Waals surface area contributed by atoms with Gasteiger partial charge in [0.25, 0.3) is 5.91 Å². The molecule has 1 aliphatic heterocycles. The predicted octanol–water partition coefficient (Wildman–Crippen LogP) is 1.71. The number of benzene rings is 1. The summed E-state index contributed by atoms with van der Waals surface area (Å²) in [6.07, 6.45) is 4.31. The Morgan fingerprint density at radius 3 is 2.92 bits per heavy atom. The van der Waals surface area contributed by atoms with Crippen LogP contribution < -0.4 is 5.32 Å². The van der Waals surface area contributed by atoms with Crippen LogP contribution in [0, 0.1) is 0 Å². The molecule has 0 bridgehead atoms. The molecular formula is C19H21N5O2. The first-order valence-electron chi connectivity index (χ1n) is 8.68. The van der Waals surface area contributed by atoms with Gasteiger partial charge in [-0.25, -0.2) is 0 Å². The topological polar surface area (TPSA) is 74.0 Å². The van der Waals surface area contributed by atoms with E-state index in [4.69, 9.17) is 9.84 Å². The number of ether oxygens (including phenoxy) is 1. The predicted molar refractivity (Wildman–Crippen MR) is 95.7 cm³/mol. The highest BCUT2D eigenvalue weighted by molar-refractivity contribution is 5.92. The van der Waals surface area contributed by atoms with Crippen molar-refractivity contribution in [3.8, 4) is 0 Å². The van der Waals surface area contributed by atoms with E-state index >= 15 is 0 Å². The van der Waals surface area contributed by atoms with Gasteiger partial charge in [-0.1, -0.05) is 30.3 Å². The lowest BCUT2D eigenvalue weighted by molar-refractivity contribution is 0.0382. The number of hydrogen-bond donors (Lipinski definition) is 1. The number of amides is 1. The van der Waals surface area contributed by atoms with Crippen LogP contribution in [0.1, 0.15) is 33.4 Å². The van der Waals surface area contributed by atoms with Gasteiger partial charge in [-0.2, -0.15) is 10.2 Å². The Bertz CT molecular complexity index is 900. The van der Waals surface area contributed by atoms with Crippen LogP contribution in [0.4, 0.5) is 0 Å². The van der Waals surface area contributed by atoms with Crippen LogP contribution in [-0.2, 0) is 24.8 Å². The van der Waals surface area contributed by atoms with Crippen molar-refractivity contribution in [3.05, 3.63) is 71.3 Å². The van der Waals surface area contributed by atoms with Crippen molar-refractivity contribution in [1.82, 2.24) is 24.9 Å². The van der Waals surface area contributed by atoms with E-state index in [1.807, 2.05) is 22.9 Å². The Hall–Kier alpha value is -2.93. The molecule has 0 fully saturated rings. The van der Waals surface area contributed by atoms with E-state index in [2.05, 4.69) is 28.7 Å². The molecule has 1 aliphatic rings. The van der Waals surface area contributed by atoms with Crippen LogP contribution in [0.3, 0.4) is 0 Å². The van der Waals surface area contributed by atoms with E-state index in [9.17, 15) is 4.79 Å². The Labute approximate surface area is 151 Å². The van der Waals surface area contributed by atoms with Gasteiger partial charge in [0.2, 0.25) is 0 Å². The molecule has 0 radical (unpaired) electrons. The maximum Gasteiger partial charge on any atom is 0.269 e. The fourth-order valence-electron chi connectivity index (χ4n) is 3.21. The van der Waals surface area contributed by atoms with Crippen LogP contribution in [0.15, 0.2) is 48.8 Å². The molecule has 0 saturated carbocycles. The van der Waals surface area contributed by atoms with Crippen molar-refractivity contribution in [2.24, 2.45) is 7.05 Å². The van der Waals surface area contributed by atoms with Gasteiger partial charge in [-0.3, -0.25) is 14.2 Å². The van der Waals surface area contributed by atoms with Gasteiger partial charge < -0.3 is 10.1 Å². The maximum atomic E-state index is 12.3. The molecule has 1 N–H and O–H groups in total. The third-order valence-electron chi connectivity index (χ3n) is 4.55. The summed E-state index contributed by atoms with van der Waals surface area (Å²) in [6.45, 7) is 1.75. The van der Waals surface area contributed by atoms with Gasteiger partial charge in [0.15, 0.2) is 0 Å². The third kappa shape index (κ3) is 3.39. The number of carbonyl (C=O) groups is 1. The summed E-state index contributed by atoms with van der Waals surface area (Å²) >= 11 is 0. The summed E-state index contributed by atoms with van der Waals surface area (Å²) in [5, 5.41) is 11.7. The Morgan fingerprint density at radius 2 is 2.15 bits per heavy atom. The zero-order chi connectivity index (χ0) is 17.9.